The van der Waals surface area contributed by atoms with E-state index in [0.29, 0.717) is 19.3 Å². The molecule has 0 bridgehead atoms. The minimum Gasteiger partial charge on any atom is -0.394 e. The maximum Gasteiger partial charge on any atom is 0.249 e. The molecule has 0 radical (unpaired) electrons. The lowest BCUT2D eigenvalue weighted by molar-refractivity contribution is -0.303. The van der Waals surface area contributed by atoms with Crippen molar-refractivity contribution >= 4 is 5.91 Å². The van der Waals surface area contributed by atoms with Gasteiger partial charge < -0.3 is 50.5 Å². The molecule has 0 spiro atoms. The molecule has 1 amide bonds. The average Bonchev–Trinajstić information content (AvgIpc) is 3.36. The molecule has 1 rings (SSSR count). The monoisotopic (exact) mass is 994 g/mol. The first-order chi connectivity index (χ1) is 34.2. The highest BCUT2D eigenvalue weighted by atomic mass is 16.7. The van der Waals surface area contributed by atoms with Gasteiger partial charge in [0, 0.05) is 0 Å². The Morgan fingerprint density at radius 2 is 0.886 bits per heavy atom. The van der Waals surface area contributed by atoms with Crippen molar-refractivity contribution < 1.29 is 50.0 Å². The van der Waals surface area contributed by atoms with E-state index in [1.807, 2.05) is 0 Å². The number of nitrogens with one attached hydrogen (secondary N) is 1. The third-order valence-corrected chi connectivity index (χ3v) is 14.2. The molecule has 1 aliphatic rings. The van der Waals surface area contributed by atoms with Gasteiger partial charge in [0.2, 0.25) is 5.91 Å². The van der Waals surface area contributed by atoms with Gasteiger partial charge in [-0.1, -0.05) is 243 Å². The second kappa shape index (κ2) is 48.3. The molecule has 412 valence electrons. The second-order valence-electron chi connectivity index (χ2n) is 20.7. The summed E-state index contributed by atoms with van der Waals surface area (Å²) in [6, 6.07) is -1.19. The van der Waals surface area contributed by atoms with Crippen molar-refractivity contribution in [2.45, 2.75) is 319 Å². The Kier molecular flexibility index (Phi) is 45.8. The maximum absolute atomic E-state index is 13.2. The Morgan fingerprint density at radius 3 is 1.29 bits per heavy atom. The lowest BCUT2D eigenvalue weighted by Gasteiger charge is -2.40. The van der Waals surface area contributed by atoms with Crippen molar-refractivity contribution in [2.75, 3.05) is 13.2 Å². The fourth-order valence-electron chi connectivity index (χ4n) is 9.42. The summed E-state index contributed by atoms with van der Waals surface area (Å²) in [6.45, 7) is 3.34. The van der Waals surface area contributed by atoms with Crippen LogP contribution in [0.2, 0.25) is 0 Å². The quantitative estimate of drug-likeness (QED) is 0.0215. The van der Waals surface area contributed by atoms with E-state index in [9.17, 15) is 40.5 Å². The molecule has 0 aromatic heterocycles. The number of aliphatic hydroxyl groups excluding tert-OH is 7. The zero-order valence-corrected chi connectivity index (χ0v) is 45.0. The largest absolute Gasteiger partial charge is 0.394 e. The zero-order valence-electron chi connectivity index (χ0n) is 45.0. The highest BCUT2D eigenvalue weighted by molar-refractivity contribution is 5.80. The van der Waals surface area contributed by atoms with Gasteiger partial charge in [0.05, 0.1) is 25.4 Å². The van der Waals surface area contributed by atoms with Crippen LogP contribution in [0.5, 0.6) is 0 Å². The first-order valence-corrected chi connectivity index (χ1v) is 29.4. The molecule has 70 heavy (non-hydrogen) atoms. The molecule has 0 aromatic rings. The molecule has 9 unspecified atom stereocenters. The van der Waals surface area contributed by atoms with E-state index in [4.69, 9.17) is 9.47 Å². The molecule has 8 N–H and O–H groups in total. The lowest BCUT2D eigenvalue weighted by Crippen LogP contribution is -2.60. The van der Waals surface area contributed by atoms with Crippen molar-refractivity contribution in [3.8, 4) is 0 Å². The van der Waals surface area contributed by atoms with Crippen molar-refractivity contribution in [2.24, 2.45) is 0 Å². The Morgan fingerprint density at radius 1 is 0.500 bits per heavy atom. The Bertz CT molecular complexity index is 1230. The highest BCUT2D eigenvalue weighted by Crippen LogP contribution is 2.23. The van der Waals surface area contributed by atoms with E-state index in [-0.39, 0.29) is 12.8 Å². The number of unbranched alkanes of at least 4 members (excludes halogenated alkanes) is 32. The maximum atomic E-state index is 13.2. The molecule has 11 nitrogen and oxygen atoms in total. The molecule has 1 fully saturated rings. The van der Waals surface area contributed by atoms with Crippen molar-refractivity contribution in [1.29, 1.82) is 0 Å². The zero-order chi connectivity index (χ0) is 51.1. The molecule has 1 aliphatic heterocycles. The average molecular weight is 995 g/mol. The van der Waals surface area contributed by atoms with Gasteiger partial charge >= 0.3 is 0 Å². The predicted molar refractivity (Wildman–Crippen MR) is 289 cm³/mol. The van der Waals surface area contributed by atoms with E-state index in [0.717, 1.165) is 51.4 Å². The molecule has 0 aliphatic carbocycles. The van der Waals surface area contributed by atoms with Gasteiger partial charge in [0.25, 0.3) is 0 Å². The highest BCUT2D eigenvalue weighted by Gasteiger charge is 2.44. The third kappa shape index (κ3) is 36.3. The number of allylic oxidation sites excluding steroid dienone is 6. The number of aliphatic hydroxyl groups is 7. The first kappa shape index (κ1) is 66.3. The standard InChI is InChI=1S/C59H111NO10/c1-3-5-7-9-11-13-15-17-18-19-20-21-22-23-24-25-26-27-28-29-30-31-32-33-35-37-39-41-43-45-47-52(63)58(68)60-50(49-69-59-57(67)56(66)55(65)53(48-61)70-59)54(64)51(62)46-44-42-40-38-36-34-16-14-12-10-8-6-4-2/h6,8,14,16,38,40,50-57,59,61-67H,3-5,7,9-13,15,17-37,39,41-49H2,1-2H3,(H,60,68)/b8-6+,16-14+,40-38+. The summed E-state index contributed by atoms with van der Waals surface area (Å²) >= 11 is 0. The second-order valence-corrected chi connectivity index (χ2v) is 20.7. The van der Waals surface area contributed by atoms with E-state index in [1.165, 1.54) is 167 Å². The first-order valence-electron chi connectivity index (χ1n) is 29.4. The van der Waals surface area contributed by atoms with Crippen LogP contribution in [0.1, 0.15) is 264 Å². The molecule has 1 heterocycles. The molecule has 1 saturated heterocycles. The number of hydrogen-bond acceptors (Lipinski definition) is 10. The van der Waals surface area contributed by atoms with Gasteiger partial charge in [0.15, 0.2) is 6.29 Å². The van der Waals surface area contributed by atoms with Crippen LogP contribution in [0.4, 0.5) is 0 Å². The van der Waals surface area contributed by atoms with E-state index < -0.39 is 74.2 Å². The normalized spacial score (nSPS) is 20.5. The predicted octanol–water partition coefficient (Wildman–Crippen LogP) is 12.3. The summed E-state index contributed by atoms with van der Waals surface area (Å²) in [5, 5.41) is 75.9. The van der Waals surface area contributed by atoms with Crippen LogP contribution in [0.3, 0.4) is 0 Å². The van der Waals surface area contributed by atoms with E-state index in [2.05, 4.69) is 55.6 Å². The van der Waals surface area contributed by atoms with Gasteiger partial charge in [-0.05, 0) is 57.8 Å². The minimum absolute atomic E-state index is 0.241. The molecular weight excluding hydrogens is 883 g/mol. The lowest BCUT2D eigenvalue weighted by atomic mass is 9.98. The number of hydrogen-bond donors (Lipinski definition) is 8. The van der Waals surface area contributed by atoms with Gasteiger partial charge in [-0.25, -0.2) is 0 Å². The molecule has 0 saturated carbocycles. The summed E-state index contributed by atoms with van der Waals surface area (Å²) < 4.78 is 11.1. The molecule has 9 atom stereocenters. The van der Waals surface area contributed by atoms with Crippen molar-refractivity contribution in [3.63, 3.8) is 0 Å². The fraction of sp³-hybridized carbons (Fsp3) is 0.881. The smallest absolute Gasteiger partial charge is 0.249 e. The van der Waals surface area contributed by atoms with Gasteiger partial charge in [-0.3, -0.25) is 4.79 Å². The van der Waals surface area contributed by atoms with Crippen LogP contribution in [0.25, 0.3) is 0 Å². The summed E-state index contributed by atoms with van der Waals surface area (Å²) in [5.41, 5.74) is 0. The summed E-state index contributed by atoms with van der Waals surface area (Å²) in [7, 11) is 0. The number of carbonyl (C=O) groups is 1. The number of carbonyl (C=O) groups excluding carboxylic acids is 1. The Hall–Kier alpha value is -1.67. The summed E-state index contributed by atoms with van der Waals surface area (Å²) in [6.07, 6.45) is 48.1. The SMILES string of the molecule is CC/C=C/CC/C=C/CC/C=C/CCCC(O)C(O)C(COC1OC(CO)C(O)C(O)C1O)NC(=O)C(O)CCCCCCCCCCCCCCCCCCCCCCCCCCCCCCCC. The Labute approximate surface area is 428 Å². The van der Waals surface area contributed by atoms with Gasteiger partial charge in [-0.15, -0.1) is 0 Å². The van der Waals surface area contributed by atoms with Crippen molar-refractivity contribution in [3.05, 3.63) is 36.5 Å². The number of ether oxygens (including phenoxy) is 2. The van der Waals surface area contributed by atoms with Crippen LogP contribution < -0.4 is 5.32 Å². The summed E-state index contributed by atoms with van der Waals surface area (Å²) in [5.74, 6) is -0.710. The fourth-order valence-corrected chi connectivity index (χ4v) is 9.42. The van der Waals surface area contributed by atoms with Crippen molar-refractivity contribution in [1.82, 2.24) is 5.32 Å². The molecular formula is C59H111NO10. The van der Waals surface area contributed by atoms with E-state index >= 15 is 0 Å². The molecule has 0 aromatic carbocycles. The van der Waals surface area contributed by atoms with Crippen LogP contribution in [-0.2, 0) is 14.3 Å². The topological polar surface area (TPSA) is 189 Å². The van der Waals surface area contributed by atoms with Crippen LogP contribution >= 0.6 is 0 Å². The van der Waals surface area contributed by atoms with E-state index in [1.54, 1.807) is 0 Å². The third-order valence-electron chi connectivity index (χ3n) is 14.2. The van der Waals surface area contributed by atoms with Crippen LogP contribution in [0.15, 0.2) is 36.5 Å². The molecule has 11 heteroatoms. The van der Waals surface area contributed by atoms with Crippen LogP contribution in [-0.4, -0.2) is 110 Å². The number of amides is 1. The summed E-state index contributed by atoms with van der Waals surface area (Å²) in [4.78, 5) is 13.2. The van der Waals surface area contributed by atoms with Gasteiger partial charge in [-0.2, -0.15) is 0 Å². The Balaban J connectivity index is 2.21. The van der Waals surface area contributed by atoms with Crippen LogP contribution in [0, 0.1) is 0 Å². The minimum atomic E-state index is -1.67. The number of rotatable bonds is 50. The van der Waals surface area contributed by atoms with Gasteiger partial charge in [0.1, 0.15) is 36.6 Å².